The first-order chi connectivity index (χ1) is 9.19. The Balaban J connectivity index is 0.000000830. The summed E-state index contributed by atoms with van der Waals surface area (Å²) in [7, 11) is 4.69. The molecule has 2 aromatic carbocycles. The van der Waals surface area contributed by atoms with E-state index in [9.17, 15) is 10.2 Å². The van der Waals surface area contributed by atoms with Gasteiger partial charge < -0.3 is 15.7 Å². The molecule has 4 N–H and O–H groups in total. The number of nitrogens with zero attached hydrogens (tertiary/aromatic N) is 2. The fourth-order valence-corrected chi connectivity index (χ4v) is 1.31. The van der Waals surface area contributed by atoms with Crippen LogP contribution in [0.5, 0.6) is 11.5 Å². The van der Waals surface area contributed by atoms with E-state index in [1.165, 1.54) is 6.21 Å². The Bertz CT molecular complexity index is 567. The van der Waals surface area contributed by atoms with Gasteiger partial charge in [0.2, 0.25) is 0 Å². The Hall–Kier alpha value is -1.69. The molecule has 0 atom stereocenters. The van der Waals surface area contributed by atoms with Crippen LogP contribution in [0.2, 0.25) is 0 Å². The summed E-state index contributed by atoms with van der Waals surface area (Å²) < 4.78 is 7.47. The van der Waals surface area contributed by atoms with Gasteiger partial charge in [-0.25, -0.2) is 0 Å². The number of hydrogen-bond donors (Lipinski definition) is 2. The molecule has 0 amide bonds. The van der Waals surface area contributed by atoms with E-state index in [2.05, 4.69) is 4.99 Å². The molecule has 5 nitrogen and oxygen atoms in total. The van der Waals surface area contributed by atoms with Crippen LogP contribution >= 0.6 is 9.64 Å². The molecule has 108 valence electrons. The minimum atomic E-state index is -1.11. The average Bonchev–Trinajstić information content (AvgIpc) is 2.40. The maximum atomic E-state index is 9.50. The summed E-state index contributed by atoms with van der Waals surface area (Å²) in [4.78, 5) is 4.10. The SMILES string of the molecule is O.Oc1ccccc1C=Nc1ccccc1O.[N]#[Os][Cl]. The van der Waals surface area contributed by atoms with Gasteiger partial charge in [0.05, 0.1) is 0 Å². The number of para-hydroxylation sites is 3. The van der Waals surface area contributed by atoms with E-state index in [0.29, 0.717) is 11.3 Å². The van der Waals surface area contributed by atoms with Crippen LogP contribution in [0.1, 0.15) is 5.56 Å². The summed E-state index contributed by atoms with van der Waals surface area (Å²) in [5, 5.41) is 19.0. The quantitative estimate of drug-likeness (QED) is 0.658. The average molecular weight is 471 g/mol. The molecular formula is C13H13ClN2O3Os. The zero-order chi connectivity index (χ0) is 14.1. The van der Waals surface area contributed by atoms with Crippen LogP contribution in [0.4, 0.5) is 5.69 Å². The van der Waals surface area contributed by atoms with Crippen molar-refractivity contribution in [2.45, 2.75) is 0 Å². The van der Waals surface area contributed by atoms with Crippen LogP contribution in [0.15, 0.2) is 53.5 Å². The number of aromatic hydroxyl groups is 2. The Kier molecular flexibility index (Phi) is 9.28. The zero-order valence-electron chi connectivity index (χ0n) is 10.2. The molecule has 0 aliphatic carbocycles. The molecule has 0 aliphatic rings. The van der Waals surface area contributed by atoms with Crippen molar-refractivity contribution in [2.24, 2.45) is 4.99 Å². The van der Waals surface area contributed by atoms with Gasteiger partial charge in [-0.05, 0) is 24.3 Å². The Morgan fingerprint density at radius 3 is 2.05 bits per heavy atom. The van der Waals surface area contributed by atoms with Gasteiger partial charge in [0, 0.05) is 11.8 Å². The van der Waals surface area contributed by atoms with Gasteiger partial charge in [0.1, 0.15) is 17.2 Å². The monoisotopic (exact) mass is 472 g/mol. The van der Waals surface area contributed by atoms with Crippen molar-refractivity contribution in [3.63, 3.8) is 0 Å². The molecular weight excluding hydrogens is 458 g/mol. The molecule has 0 aliphatic heterocycles. The van der Waals surface area contributed by atoms with Crippen LogP contribution in [-0.4, -0.2) is 21.9 Å². The van der Waals surface area contributed by atoms with E-state index in [4.69, 9.17) is 13.5 Å². The number of phenolic OH excluding ortho intramolecular Hbond substituents is 2. The van der Waals surface area contributed by atoms with E-state index in [1.54, 1.807) is 42.5 Å². The number of aliphatic imine (C=N–C) groups is 1. The number of rotatable bonds is 2. The Morgan fingerprint density at radius 2 is 1.50 bits per heavy atom. The third-order valence-electron chi connectivity index (χ3n) is 2.16. The van der Waals surface area contributed by atoms with E-state index in [1.807, 2.05) is 6.07 Å². The fourth-order valence-electron chi connectivity index (χ4n) is 1.31. The third-order valence-corrected chi connectivity index (χ3v) is 2.16. The van der Waals surface area contributed by atoms with Crippen molar-refractivity contribution in [1.29, 1.82) is 3.88 Å². The molecule has 0 radical (unpaired) electrons. The van der Waals surface area contributed by atoms with Gasteiger partial charge >= 0.3 is 29.6 Å². The molecule has 2 aromatic rings. The van der Waals surface area contributed by atoms with Crippen molar-refractivity contribution in [1.82, 2.24) is 0 Å². The van der Waals surface area contributed by atoms with Crippen molar-refractivity contribution in [2.75, 3.05) is 0 Å². The fraction of sp³-hybridized carbons (Fsp3) is 0. The molecule has 0 bridgehead atoms. The molecule has 0 saturated carbocycles. The Morgan fingerprint density at radius 1 is 1.00 bits per heavy atom. The van der Waals surface area contributed by atoms with E-state index < -0.39 is 16.0 Å². The first-order valence-electron chi connectivity index (χ1n) is 5.16. The second kappa shape index (κ2) is 10.1. The zero-order valence-corrected chi connectivity index (χ0v) is 13.5. The summed E-state index contributed by atoms with van der Waals surface area (Å²) in [5.74, 6) is 0.288. The standard InChI is InChI=1S/C13H11NO2.ClH.N.H2O.Os/c15-12-7-3-1-5-10(12)9-14-11-6-2-4-8-13(11)16;;;;/h1-9,15-16H;1H;;1H2;/q;;;;+1/p-1. The van der Waals surface area contributed by atoms with Crippen molar-refractivity contribution in [3.05, 3.63) is 54.1 Å². The van der Waals surface area contributed by atoms with Crippen LogP contribution in [0, 0.1) is 3.88 Å². The second-order valence-electron chi connectivity index (χ2n) is 3.37. The van der Waals surface area contributed by atoms with Crippen LogP contribution in [-0.2, 0) is 16.0 Å². The molecule has 0 saturated heterocycles. The van der Waals surface area contributed by atoms with Gasteiger partial charge in [0.15, 0.2) is 0 Å². The predicted octanol–water partition coefficient (Wildman–Crippen LogP) is 2.73. The van der Waals surface area contributed by atoms with Gasteiger partial charge in [-0.1, -0.05) is 24.3 Å². The molecule has 20 heavy (non-hydrogen) atoms. The molecule has 0 heterocycles. The van der Waals surface area contributed by atoms with Crippen molar-refractivity contribution >= 4 is 21.5 Å². The minimum absolute atomic E-state index is 0. The van der Waals surface area contributed by atoms with Crippen LogP contribution < -0.4 is 0 Å². The molecule has 0 fully saturated rings. The van der Waals surface area contributed by atoms with Gasteiger partial charge in [-0.15, -0.1) is 0 Å². The van der Waals surface area contributed by atoms with Crippen molar-refractivity contribution in [3.8, 4) is 11.5 Å². The summed E-state index contributed by atoms with van der Waals surface area (Å²) in [6, 6.07) is 13.7. The molecule has 7 heteroatoms. The summed E-state index contributed by atoms with van der Waals surface area (Å²) in [5.41, 5.74) is 1.09. The van der Waals surface area contributed by atoms with E-state index >= 15 is 0 Å². The molecule has 2 rings (SSSR count). The summed E-state index contributed by atoms with van der Waals surface area (Å²) >= 11 is -1.11. The van der Waals surface area contributed by atoms with E-state index in [-0.39, 0.29) is 17.0 Å². The maximum absolute atomic E-state index is 9.50. The normalized spacial score (nSPS) is 9.40. The van der Waals surface area contributed by atoms with Crippen LogP contribution in [0.25, 0.3) is 0 Å². The van der Waals surface area contributed by atoms with E-state index in [0.717, 1.165) is 0 Å². The molecule has 0 spiro atoms. The number of hydrogen-bond acceptors (Lipinski definition) is 4. The van der Waals surface area contributed by atoms with Gasteiger partial charge in [-0.2, -0.15) is 0 Å². The second-order valence-corrected chi connectivity index (χ2v) is 4.77. The topological polar surface area (TPSA) is 108 Å². The van der Waals surface area contributed by atoms with Gasteiger partial charge in [0.25, 0.3) is 0 Å². The van der Waals surface area contributed by atoms with Gasteiger partial charge in [-0.3, -0.25) is 4.99 Å². The molecule has 0 aromatic heterocycles. The number of halogens is 1. The summed E-state index contributed by atoms with van der Waals surface area (Å²) in [6.45, 7) is 0. The third kappa shape index (κ3) is 5.97. The first kappa shape index (κ1) is 18.3. The Labute approximate surface area is 127 Å². The predicted molar refractivity (Wildman–Crippen MR) is 74.7 cm³/mol. The number of benzene rings is 2. The first-order valence-corrected chi connectivity index (χ1v) is 9.45. The summed E-state index contributed by atoms with van der Waals surface area (Å²) in [6.07, 6.45) is 1.52. The van der Waals surface area contributed by atoms with Crippen LogP contribution in [0.3, 0.4) is 0 Å². The molecule has 0 unspecified atom stereocenters. The number of phenols is 2. The van der Waals surface area contributed by atoms with Crippen molar-refractivity contribution < 1.29 is 31.7 Å².